The molecule has 5 heteroatoms. The molecule has 0 saturated heterocycles. The first-order valence-electron chi connectivity index (χ1n) is 11.6. The molecule has 0 spiro atoms. The van der Waals surface area contributed by atoms with Gasteiger partial charge in [0.1, 0.15) is 18.0 Å². The van der Waals surface area contributed by atoms with Crippen LogP contribution in [0.15, 0.2) is 72.8 Å². The predicted octanol–water partition coefficient (Wildman–Crippen LogP) is 5.90. The first-order valence-corrected chi connectivity index (χ1v) is 11.6. The molecular weight excluding hydrogens is 426 g/mol. The van der Waals surface area contributed by atoms with Crippen molar-refractivity contribution in [1.82, 2.24) is 5.32 Å². The van der Waals surface area contributed by atoms with Crippen molar-refractivity contribution in [3.8, 4) is 16.9 Å². The number of amides is 1. The number of ketones is 1. The van der Waals surface area contributed by atoms with Gasteiger partial charge in [-0.2, -0.15) is 0 Å². The molecule has 4 rings (SSSR count). The second kappa shape index (κ2) is 9.72. The van der Waals surface area contributed by atoms with Crippen LogP contribution in [-0.2, 0) is 16.0 Å². The molecular formula is C29H31NO4. The minimum Gasteiger partial charge on any atom is -0.488 e. The Bertz CT molecular complexity index is 1130. The zero-order valence-corrected chi connectivity index (χ0v) is 20.1. The van der Waals surface area contributed by atoms with E-state index < -0.39 is 12.1 Å². The molecule has 1 N–H and O–H groups in total. The van der Waals surface area contributed by atoms with Gasteiger partial charge in [0.05, 0.1) is 6.04 Å². The SMILES string of the molecule is CC(=O)[C@H](Cc1ccc(OC(C)(C)C)cc1)NC(=O)OCC1c2ccccc2-c2ccccc21. The van der Waals surface area contributed by atoms with Gasteiger partial charge in [-0.1, -0.05) is 60.7 Å². The zero-order valence-electron chi connectivity index (χ0n) is 20.1. The number of rotatable bonds is 7. The fraction of sp³-hybridized carbons (Fsp3) is 0.310. The summed E-state index contributed by atoms with van der Waals surface area (Å²) < 4.78 is 11.5. The number of hydrogen-bond donors (Lipinski definition) is 1. The normalized spacial score (nSPS) is 13.5. The van der Waals surface area contributed by atoms with E-state index in [0.717, 1.165) is 22.4 Å². The lowest BCUT2D eigenvalue weighted by Crippen LogP contribution is -2.42. The maximum Gasteiger partial charge on any atom is 0.407 e. The Balaban J connectivity index is 1.38. The summed E-state index contributed by atoms with van der Waals surface area (Å²) in [5.41, 5.74) is 5.30. The summed E-state index contributed by atoms with van der Waals surface area (Å²) in [6.07, 6.45) is -0.204. The quantitative estimate of drug-likeness (QED) is 0.480. The summed E-state index contributed by atoms with van der Waals surface area (Å²) in [6.45, 7) is 7.66. The number of nitrogens with one attached hydrogen (secondary N) is 1. The topological polar surface area (TPSA) is 64.6 Å². The van der Waals surface area contributed by atoms with E-state index in [0.29, 0.717) is 6.42 Å². The number of ether oxygens (including phenoxy) is 2. The van der Waals surface area contributed by atoms with Crippen LogP contribution in [-0.4, -0.2) is 30.1 Å². The van der Waals surface area contributed by atoms with Crippen LogP contribution in [0.5, 0.6) is 5.75 Å². The van der Waals surface area contributed by atoms with Crippen LogP contribution >= 0.6 is 0 Å². The van der Waals surface area contributed by atoms with Gasteiger partial charge in [-0.05, 0) is 74.1 Å². The third kappa shape index (κ3) is 5.48. The molecule has 0 saturated carbocycles. The number of fused-ring (bicyclic) bond motifs is 3. The highest BCUT2D eigenvalue weighted by Crippen LogP contribution is 2.44. The number of alkyl carbamates (subject to hydrolysis) is 1. The molecule has 0 aromatic heterocycles. The van der Waals surface area contributed by atoms with Crippen LogP contribution in [0, 0.1) is 0 Å². The van der Waals surface area contributed by atoms with Gasteiger partial charge in [-0.3, -0.25) is 4.79 Å². The number of hydrogen-bond acceptors (Lipinski definition) is 4. The van der Waals surface area contributed by atoms with Crippen LogP contribution in [0.2, 0.25) is 0 Å². The van der Waals surface area contributed by atoms with Crippen LogP contribution in [0.4, 0.5) is 4.79 Å². The van der Waals surface area contributed by atoms with E-state index >= 15 is 0 Å². The molecule has 3 aromatic carbocycles. The van der Waals surface area contributed by atoms with Gasteiger partial charge < -0.3 is 14.8 Å². The van der Waals surface area contributed by atoms with E-state index in [-0.39, 0.29) is 23.9 Å². The van der Waals surface area contributed by atoms with Crippen molar-refractivity contribution in [3.63, 3.8) is 0 Å². The van der Waals surface area contributed by atoms with Crippen molar-refractivity contribution in [2.24, 2.45) is 0 Å². The minimum atomic E-state index is -0.662. The second-order valence-electron chi connectivity index (χ2n) is 9.70. The highest BCUT2D eigenvalue weighted by Gasteiger charge is 2.29. The Morgan fingerprint density at radius 1 is 0.882 bits per heavy atom. The van der Waals surface area contributed by atoms with Crippen molar-refractivity contribution < 1.29 is 19.1 Å². The molecule has 0 heterocycles. The van der Waals surface area contributed by atoms with Gasteiger partial charge in [0.25, 0.3) is 0 Å². The van der Waals surface area contributed by atoms with Gasteiger partial charge in [-0.25, -0.2) is 4.79 Å². The van der Waals surface area contributed by atoms with Gasteiger partial charge in [0, 0.05) is 5.92 Å². The number of carbonyl (C=O) groups excluding carboxylic acids is 2. The van der Waals surface area contributed by atoms with Gasteiger partial charge in [-0.15, -0.1) is 0 Å². The van der Waals surface area contributed by atoms with E-state index in [2.05, 4.69) is 29.6 Å². The summed E-state index contributed by atoms with van der Waals surface area (Å²) in [5, 5.41) is 2.75. The molecule has 0 aliphatic heterocycles. The van der Waals surface area contributed by atoms with E-state index in [1.165, 1.54) is 18.1 Å². The van der Waals surface area contributed by atoms with E-state index in [1.807, 2.05) is 69.3 Å². The first-order chi connectivity index (χ1) is 16.2. The summed E-state index contributed by atoms with van der Waals surface area (Å²) in [6, 6.07) is 23.3. The molecule has 0 radical (unpaired) electrons. The first kappa shape index (κ1) is 23.6. The van der Waals surface area contributed by atoms with Crippen LogP contribution in [0.1, 0.15) is 50.3 Å². The lowest BCUT2D eigenvalue weighted by molar-refractivity contribution is -0.118. The van der Waals surface area contributed by atoms with E-state index in [9.17, 15) is 9.59 Å². The Morgan fingerprint density at radius 2 is 1.44 bits per heavy atom. The smallest absolute Gasteiger partial charge is 0.407 e. The molecule has 1 aliphatic carbocycles. The van der Waals surface area contributed by atoms with Crippen molar-refractivity contribution in [2.75, 3.05) is 6.61 Å². The minimum absolute atomic E-state index is 0.0238. The van der Waals surface area contributed by atoms with Crippen LogP contribution in [0.25, 0.3) is 11.1 Å². The largest absolute Gasteiger partial charge is 0.488 e. The molecule has 1 amide bonds. The fourth-order valence-corrected chi connectivity index (χ4v) is 4.36. The second-order valence-corrected chi connectivity index (χ2v) is 9.70. The lowest BCUT2D eigenvalue weighted by atomic mass is 9.98. The average molecular weight is 458 g/mol. The maximum atomic E-state index is 12.6. The van der Waals surface area contributed by atoms with Crippen molar-refractivity contribution >= 4 is 11.9 Å². The van der Waals surface area contributed by atoms with Crippen molar-refractivity contribution in [2.45, 2.75) is 51.7 Å². The van der Waals surface area contributed by atoms with Crippen LogP contribution < -0.4 is 10.1 Å². The number of Topliss-reactive ketones (excluding diaryl/α,β-unsaturated/α-hetero) is 1. The summed E-state index contributed by atoms with van der Waals surface area (Å²) in [5.74, 6) is 0.618. The molecule has 34 heavy (non-hydrogen) atoms. The highest BCUT2D eigenvalue weighted by atomic mass is 16.5. The highest BCUT2D eigenvalue weighted by molar-refractivity contribution is 5.86. The molecule has 1 atom stereocenters. The van der Waals surface area contributed by atoms with Gasteiger partial charge in [0.15, 0.2) is 5.78 Å². The molecule has 3 aromatic rings. The van der Waals surface area contributed by atoms with Crippen molar-refractivity contribution in [3.05, 3.63) is 89.5 Å². The average Bonchev–Trinajstić information content (AvgIpc) is 3.11. The Labute approximate surface area is 201 Å². The molecule has 0 fully saturated rings. The third-order valence-electron chi connectivity index (χ3n) is 5.91. The van der Waals surface area contributed by atoms with Gasteiger partial charge in [0.2, 0.25) is 0 Å². The monoisotopic (exact) mass is 457 g/mol. The molecule has 5 nitrogen and oxygen atoms in total. The summed E-state index contributed by atoms with van der Waals surface area (Å²) in [4.78, 5) is 24.9. The summed E-state index contributed by atoms with van der Waals surface area (Å²) in [7, 11) is 0. The van der Waals surface area contributed by atoms with E-state index in [1.54, 1.807) is 0 Å². The lowest BCUT2D eigenvalue weighted by Gasteiger charge is -2.21. The van der Waals surface area contributed by atoms with E-state index in [4.69, 9.17) is 9.47 Å². The Kier molecular flexibility index (Phi) is 6.73. The fourth-order valence-electron chi connectivity index (χ4n) is 4.36. The van der Waals surface area contributed by atoms with Gasteiger partial charge >= 0.3 is 6.09 Å². The van der Waals surface area contributed by atoms with Crippen molar-refractivity contribution in [1.29, 1.82) is 0 Å². The zero-order chi connectivity index (χ0) is 24.3. The molecule has 0 bridgehead atoms. The maximum absolute atomic E-state index is 12.6. The third-order valence-corrected chi connectivity index (χ3v) is 5.91. The molecule has 0 unspecified atom stereocenters. The molecule has 176 valence electrons. The Morgan fingerprint density at radius 3 is 1.97 bits per heavy atom. The molecule has 1 aliphatic rings. The Hall–Kier alpha value is -3.60. The predicted molar refractivity (Wildman–Crippen MR) is 133 cm³/mol. The summed E-state index contributed by atoms with van der Waals surface area (Å²) >= 11 is 0. The standard InChI is InChI=1S/C29H31NO4/c1-19(31)27(17-20-13-15-21(16-14-20)34-29(2,3)4)30-28(32)33-18-26-24-11-7-5-9-22(24)23-10-6-8-12-25(23)26/h5-16,26-27H,17-18H2,1-4H3,(H,30,32)/t27-/m0/s1. The number of carbonyl (C=O) groups is 2. The van der Waals surface area contributed by atoms with Crippen LogP contribution in [0.3, 0.4) is 0 Å². The number of benzene rings is 3.